The molecule has 0 unspecified atom stereocenters. The smallest absolute Gasteiger partial charge is 0.416 e. The van der Waals surface area contributed by atoms with Crippen molar-refractivity contribution in [2.75, 3.05) is 6.61 Å². The molecule has 1 amide bonds. The number of nitrogens with one attached hydrogen (secondary N) is 1. The van der Waals surface area contributed by atoms with Crippen molar-refractivity contribution < 1.29 is 27.5 Å². The van der Waals surface area contributed by atoms with Crippen molar-refractivity contribution in [1.29, 1.82) is 0 Å². The minimum absolute atomic E-state index is 0.188. The van der Waals surface area contributed by atoms with Crippen molar-refractivity contribution in [2.45, 2.75) is 19.1 Å². The maximum atomic E-state index is 12.7. The monoisotopic (exact) mass is 411 g/mol. The molecular weight excluding hydrogens is 395 g/mol. The Hall–Kier alpha value is -2.80. The van der Waals surface area contributed by atoms with Gasteiger partial charge in [0.25, 0.3) is 5.91 Å². The Morgan fingerprint density at radius 1 is 1.18 bits per heavy atom. The lowest BCUT2D eigenvalue weighted by Gasteiger charge is -2.14. The third-order valence-corrected chi connectivity index (χ3v) is 3.97. The number of rotatable bonds is 6. The zero-order valence-electron chi connectivity index (χ0n) is 14.8. The molecule has 0 aliphatic heterocycles. The summed E-state index contributed by atoms with van der Waals surface area (Å²) in [6.07, 6.45) is -2.32. The summed E-state index contributed by atoms with van der Waals surface area (Å²) in [5.74, 6) is -1.35. The van der Waals surface area contributed by atoms with Gasteiger partial charge in [-0.2, -0.15) is 13.2 Å². The van der Waals surface area contributed by atoms with E-state index in [1.54, 1.807) is 31.2 Å². The van der Waals surface area contributed by atoms with Gasteiger partial charge in [0.15, 0.2) is 6.61 Å². The molecule has 2 aromatic rings. The van der Waals surface area contributed by atoms with Gasteiger partial charge in [0.1, 0.15) is 0 Å². The number of halogens is 4. The van der Waals surface area contributed by atoms with Crippen LogP contribution in [-0.2, 0) is 20.5 Å². The number of hydrogen-bond acceptors (Lipinski definition) is 3. The van der Waals surface area contributed by atoms with E-state index in [1.165, 1.54) is 18.2 Å². The van der Waals surface area contributed by atoms with Crippen LogP contribution in [0.3, 0.4) is 0 Å². The first-order valence-electron chi connectivity index (χ1n) is 8.22. The molecule has 0 aromatic heterocycles. The standard InChI is InChI=1S/C20H17ClF3NO3/c1-13(15-6-8-17(21)9-7-15)25-18(26)12-28-19(27)10-5-14-3-2-4-16(11-14)20(22,23)24/h2-11,13H,12H2,1H3,(H,25,26)/b10-5+/t13-/m0/s1. The molecule has 0 bridgehead atoms. The van der Waals surface area contributed by atoms with Crippen LogP contribution in [0.2, 0.25) is 5.02 Å². The van der Waals surface area contributed by atoms with Gasteiger partial charge in [0, 0.05) is 11.1 Å². The second kappa shape index (κ2) is 9.41. The number of carbonyl (C=O) groups is 2. The van der Waals surface area contributed by atoms with E-state index in [4.69, 9.17) is 16.3 Å². The van der Waals surface area contributed by atoms with Crippen LogP contribution in [0.5, 0.6) is 0 Å². The molecular formula is C20H17ClF3NO3. The van der Waals surface area contributed by atoms with Crippen molar-refractivity contribution in [3.05, 3.63) is 76.3 Å². The van der Waals surface area contributed by atoms with Gasteiger partial charge in [-0.25, -0.2) is 4.79 Å². The quantitative estimate of drug-likeness (QED) is 0.549. The summed E-state index contributed by atoms with van der Waals surface area (Å²) in [5.41, 5.74) is 0.194. The highest BCUT2D eigenvalue weighted by atomic mass is 35.5. The number of benzene rings is 2. The maximum Gasteiger partial charge on any atom is 0.416 e. The maximum absolute atomic E-state index is 12.7. The van der Waals surface area contributed by atoms with Gasteiger partial charge in [0.05, 0.1) is 11.6 Å². The summed E-state index contributed by atoms with van der Waals surface area (Å²) in [5, 5.41) is 3.23. The number of hydrogen-bond donors (Lipinski definition) is 1. The minimum atomic E-state index is -4.47. The minimum Gasteiger partial charge on any atom is -0.452 e. The van der Waals surface area contributed by atoms with Crippen molar-refractivity contribution in [1.82, 2.24) is 5.32 Å². The third kappa shape index (κ3) is 6.74. The Labute approximate surface area is 165 Å². The van der Waals surface area contributed by atoms with Crippen LogP contribution in [-0.4, -0.2) is 18.5 Å². The van der Waals surface area contributed by atoms with Gasteiger partial charge >= 0.3 is 12.1 Å². The number of esters is 1. The topological polar surface area (TPSA) is 55.4 Å². The summed E-state index contributed by atoms with van der Waals surface area (Å²) in [6, 6.07) is 11.1. The molecule has 0 heterocycles. The molecule has 0 saturated carbocycles. The van der Waals surface area contributed by atoms with Crippen LogP contribution in [0.4, 0.5) is 13.2 Å². The van der Waals surface area contributed by atoms with E-state index >= 15 is 0 Å². The predicted octanol–water partition coefficient (Wildman–Crippen LogP) is 4.79. The lowest BCUT2D eigenvalue weighted by Crippen LogP contribution is -2.30. The van der Waals surface area contributed by atoms with Gasteiger partial charge in [-0.15, -0.1) is 0 Å². The van der Waals surface area contributed by atoms with E-state index in [-0.39, 0.29) is 11.6 Å². The van der Waals surface area contributed by atoms with Crippen LogP contribution < -0.4 is 5.32 Å². The number of carbonyl (C=O) groups excluding carboxylic acids is 2. The molecule has 148 valence electrons. The summed E-state index contributed by atoms with van der Waals surface area (Å²) in [4.78, 5) is 23.5. The normalized spacial score (nSPS) is 12.6. The van der Waals surface area contributed by atoms with Crippen molar-refractivity contribution in [3.8, 4) is 0 Å². The van der Waals surface area contributed by atoms with Crippen LogP contribution in [0.1, 0.15) is 29.7 Å². The van der Waals surface area contributed by atoms with E-state index in [0.717, 1.165) is 23.8 Å². The molecule has 0 fully saturated rings. The van der Waals surface area contributed by atoms with Gasteiger partial charge in [-0.1, -0.05) is 35.9 Å². The second-order valence-corrected chi connectivity index (χ2v) is 6.34. The largest absolute Gasteiger partial charge is 0.452 e. The molecule has 0 radical (unpaired) electrons. The molecule has 0 spiro atoms. The molecule has 4 nitrogen and oxygen atoms in total. The number of ether oxygens (including phenoxy) is 1. The average molecular weight is 412 g/mol. The van der Waals surface area contributed by atoms with Crippen molar-refractivity contribution in [2.24, 2.45) is 0 Å². The Kier molecular flexibility index (Phi) is 7.23. The molecule has 2 rings (SSSR count). The van der Waals surface area contributed by atoms with Gasteiger partial charge in [-0.05, 0) is 48.4 Å². The molecule has 0 aliphatic carbocycles. The van der Waals surface area contributed by atoms with Gasteiger partial charge < -0.3 is 10.1 Å². The molecule has 1 atom stereocenters. The SMILES string of the molecule is C[C@H](NC(=O)COC(=O)/C=C/c1cccc(C(F)(F)F)c1)c1ccc(Cl)cc1. The Balaban J connectivity index is 1.84. The van der Waals surface area contributed by atoms with Gasteiger partial charge in [-0.3, -0.25) is 4.79 Å². The first-order valence-corrected chi connectivity index (χ1v) is 8.60. The Morgan fingerprint density at radius 2 is 1.86 bits per heavy atom. The van der Waals surface area contributed by atoms with E-state index in [1.807, 2.05) is 0 Å². The molecule has 2 aromatic carbocycles. The molecule has 28 heavy (non-hydrogen) atoms. The highest BCUT2D eigenvalue weighted by Crippen LogP contribution is 2.29. The van der Waals surface area contributed by atoms with Crippen LogP contribution in [0.15, 0.2) is 54.6 Å². The first kappa shape index (κ1) is 21.5. The first-order chi connectivity index (χ1) is 13.1. The number of alkyl halides is 3. The number of amides is 1. The fourth-order valence-corrected chi connectivity index (χ4v) is 2.41. The van der Waals surface area contributed by atoms with Crippen LogP contribution in [0, 0.1) is 0 Å². The third-order valence-electron chi connectivity index (χ3n) is 3.72. The lowest BCUT2D eigenvalue weighted by molar-refractivity contribution is -0.144. The predicted molar refractivity (Wildman–Crippen MR) is 99.4 cm³/mol. The van der Waals surface area contributed by atoms with Crippen LogP contribution >= 0.6 is 11.6 Å². The van der Waals surface area contributed by atoms with E-state index in [0.29, 0.717) is 5.02 Å². The summed E-state index contributed by atoms with van der Waals surface area (Å²) >= 11 is 5.80. The highest BCUT2D eigenvalue weighted by molar-refractivity contribution is 6.30. The summed E-state index contributed by atoms with van der Waals surface area (Å²) < 4.78 is 42.8. The van der Waals surface area contributed by atoms with Gasteiger partial charge in [0.2, 0.25) is 0 Å². The fourth-order valence-electron chi connectivity index (χ4n) is 2.29. The zero-order chi connectivity index (χ0) is 20.7. The zero-order valence-corrected chi connectivity index (χ0v) is 15.6. The highest BCUT2D eigenvalue weighted by Gasteiger charge is 2.30. The molecule has 8 heteroatoms. The van der Waals surface area contributed by atoms with Crippen molar-refractivity contribution >= 4 is 29.6 Å². The van der Waals surface area contributed by atoms with Crippen molar-refractivity contribution in [3.63, 3.8) is 0 Å². The van der Waals surface area contributed by atoms with Crippen LogP contribution in [0.25, 0.3) is 6.08 Å². The Bertz CT molecular complexity index is 864. The lowest BCUT2D eigenvalue weighted by atomic mass is 10.1. The molecule has 0 aliphatic rings. The Morgan fingerprint density at radius 3 is 2.50 bits per heavy atom. The van der Waals surface area contributed by atoms with E-state index in [2.05, 4.69) is 5.32 Å². The fraction of sp³-hybridized carbons (Fsp3) is 0.200. The summed E-state index contributed by atoms with van der Waals surface area (Å²) in [7, 11) is 0. The molecule has 1 N–H and O–H groups in total. The molecule has 0 saturated heterocycles. The average Bonchev–Trinajstić information content (AvgIpc) is 2.64. The van der Waals surface area contributed by atoms with E-state index in [9.17, 15) is 22.8 Å². The second-order valence-electron chi connectivity index (χ2n) is 5.91. The van der Waals surface area contributed by atoms with E-state index < -0.39 is 30.2 Å². The summed E-state index contributed by atoms with van der Waals surface area (Å²) in [6.45, 7) is 1.25.